The fourth-order valence-electron chi connectivity index (χ4n) is 4.35. The van der Waals surface area contributed by atoms with Crippen molar-refractivity contribution < 1.29 is 18.0 Å². The normalized spacial score (nSPS) is 33.4. The second-order valence-corrected chi connectivity index (χ2v) is 7.96. The summed E-state index contributed by atoms with van der Waals surface area (Å²) in [6, 6.07) is 3.60. The van der Waals surface area contributed by atoms with Crippen LogP contribution in [0.2, 0.25) is 0 Å². The molecule has 1 aromatic rings. The highest BCUT2D eigenvalue weighted by Crippen LogP contribution is 2.50. The lowest BCUT2D eigenvalue weighted by atomic mass is 9.74. The second kappa shape index (κ2) is 6.09. The van der Waals surface area contributed by atoms with Gasteiger partial charge in [0, 0.05) is 38.5 Å². The number of aryl methyl sites for hydroxylation is 1. The standard InChI is InChI=1S/C18H23F3N4O/c1-12-2-3-15(23-22-12)24-6-4-17(10-24)11-25(7-5-18(17,20)21)16(26)13-8-14(19)9-13/h2-3,13-14H,4-11H2,1H3/t13?,14?,17-/m1/s1. The van der Waals surface area contributed by atoms with Gasteiger partial charge in [-0.1, -0.05) is 0 Å². The number of amides is 1. The van der Waals surface area contributed by atoms with Crippen LogP contribution in [0.1, 0.15) is 31.4 Å². The van der Waals surface area contributed by atoms with Crippen LogP contribution in [-0.4, -0.2) is 59.3 Å². The number of halogens is 3. The summed E-state index contributed by atoms with van der Waals surface area (Å²) in [4.78, 5) is 15.9. The number of anilines is 1. The summed E-state index contributed by atoms with van der Waals surface area (Å²) in [5, 5.41) is 8.11. The van der Waals surface area contributed by atoms with Crippen LogP contribution in [0, 0.1) is 18.3 Å². The van der Waals surface area contributed by atoms with Crippen LogP contribution >= 0.6 is 0 Å². The zero-order valence-electron chi connectivity index (χ0n) is 14.8. The molecule has 3 fully saturated rings. The van der Waals surface area contributed by atoms with Gasteiger partial charge in [0.2, 0.25) is 5.91 Å². The van der Waals surface area contributed by atoms with E-state index in [1.165, 1.54) is 4.90 Å². The van der Waals surface area contributed by atoms with E-state index in [0.717, 1.165) is 5.69 Å². The highest BCUT2D eigenvalue weighted by atomic mass is 19.3. The van der Waals surface area contributed by atoms with Gasteiger partial charge in [0.1, 0.15) is 6.17 Å². The molecule has 2 saturated heterocycles. The average Bonchev–Trinajstić information content (AvgIpc) is 3.00. The number of piperidine rings is 1. The van der Waals surface area contributed by atoms with Crippen molar-refractivity contribution in [1.82, 2.24) is 15.1 Å². The SMILES string of the molecule is Cc1ccc(N2CC[C@]3(CN(C(=O)C4CC(F)C4)CCC3(F)F)C2)nn1. The number of carbonyl (C=O) groups is 1. The van der Waals surface area contributed by atoms with Crippen LogP contribution in [-0.2, 0) is 4.79 Å². The smallest absolute Gasteiger partial charge is 0.258 e. The lowest BCUT2D eigenvalue weighted by Gasteiger charge is -2.47. The monoisotopic (exact) mass is 368 g/mol. The van der Waals surface area contributed by atoms with Crippen LogP contribution in [0.4, 0.5) is 19.0 Å². The van der Waals surface area contributed by atoms with Gasteiger partial charge in [0.05, 0.1) is 11.1 Å². The van der Waals surface area contributed by atoms with Gasteiger partial charge >= 0.3 is 0 Å². The minimum absolute atomic E-state index is 0.0298. The second-order valence-electron chi connectivity index (χ2n) is 7.96. The van der Waals surface area contributed by atoms with Crippen LogP contribution in [0.3, 0.4) is 0 Å². The maximum absolute atomic E-state index is 14.9. The molecule has 1 aromatic heterocycles. The van der Waals surface area contributed by atoms with Crippen LogP contribution < -0.4 is 4.90 Å². The average molecular weight is 368 g/mol. The molecule has 1 atom stereocenters. The number of alkyl halides is 3. The number of aromatic nitrogens is 2. The third kappa shape index (κ3) is 2.83. The van der Waals surface area contributed by atoms with E-state index < -0.39 is 17.5 Å². The Bertz CT molecular complexity index is 692. The number of rotatable bonds is 2. The molecule has 0 radical (unpaired) electrons. The lowest BCUT2D eigenvalue weighted by molar-refractivity contribution is -0.173. The molecule has 0 unspecified atom stereocenters. The van der Waals surface area contributed by atoms with Crippen molar-refractivity contribution in [2.24, 2.45) is 11.3 Å². The van der Waals surface area contributed by atoms with Gasteiger partial charge in [0.25, 0.3) is 5.92 Å². The van der Waals surface area contributed by atoms with E-state index in [-0.39, 0.29) is 50.7 Å². The molecule has 0 N–H and O–H groups in total. The molecule has 4 rings (SSSR count). The van der Waals surface area contributed by atoms with E-state index in [9.17, 15) is 18.0 Å². The molecular formula is C18H23F3N4O. The van der Waals surface area contributed by atoms with Crippen molar-refractivity contribution >= 4 is 11.7 Å². The molecule has 1 spiro atoms. The number of likely N-dealkylation sites (tertiary alicyclic amines) is 1. The number of carbonyl (C=O) groups excluding carboxylic acids is 1. The van der Waals surface area contributed by atoms with Gasteiger partial charge in [-0.3, -0.25) is 4.79 Å². The highest BCUT2D eigenvalue weighted by Gasteiger charge is 2.60. The maximum Gasteiger partial charge on any atom is 0.258 e. The van der Waals surface area contributed by atoms with Crippen molar-refractivity contribution in [3.05, 3.63) is 17.8 Å². The van der Waals surface area contributed by atoms with Crippen molar-refractivity contribution in [3.63, 3.8) is 0 Å². The molecule has 0 aromatic carbocycles. The number of nitrogens with zero attached hydrogens (tertiary/aromatic N) is 4. The zero-order chi connectivity index (χ0) is 18.5. The topological polar surface area (TPSA) is 49.3 Å². The molecule has 8 heteroatoms. The third-order valence-corrected chi connectivity index (χ3v) is 6.17. The van der Waals surface area contributed by atoms with Gasteiger partial charge in [0.15, 0.2) is 5.82 Å². The first-order valence-corrected chi connectivity index (χ1v) is 9.16. The Labute approximate surface area is 150 Å². The third-order valence-electron chi connectivity index (χ3n) is 6.17. The van der Waals surface area contributed by atoms with E-state index >= 15 is 0 Å². The predicted molar refractivity (Wildman–Crippen MR) is 89.8 cm³/mol. The summed E-state index contributed by atoms with van der Waals surface area (Å²) in [5.74, 6) is -2.75. The van der Waals surface area contributed by atoms with Gasteiger partial charge in [-0.2, -0.15) is 5.10 Å². The molecule has 1 saturated carbocycles. The van der Waals surface area contributed by atoms with Gasteiger partial charge in [-0.25, -0.2) is 13.2 Å². The van der Waals surface area contributed by atoms with Crippen LogP contribution in [0.5, 0.6) is 0 Å². The van der Waals surface area contributed by atoms with Crippen molar-refractivity contribution in [2.75, 3.05) is 31.1 Å². The molecule has 5 nitrogen and oxygen atoms in total. The van der Waals surface area contributed by atoms with E-state index in [1.54, 1.807) is 6.07 Å². The molecule has 1 aliphatic carbocycles. The van der Waals surface area contributed by atoms with Gasteiger partial charge < -0.3 is 9.80 Å². The Hall–Kier alpha value is -1.86. The first-order chi connectivity index (χ1) is 12.3. The van der Waals surface area contributed by atoms with Gasteiger partial charge in [-0.05, 0) is 38.3 Å². The number of hydrogen-bond acceptors (Lipinski definition) is 4. The molecule has 3 aliphatic rings. The van der Waals surface area contributed by atoms with Crippen LogP contribution in [0.25, 0.3) is 0 Å². The largest absolute Gasteiger partial charge is 0.354 e. The summed E-state index contributed by atoms with van der Waals surface area (Å²) in [7, 11) is 0. The summed E-state index contributed by atoms with van der Waals surface area (Å²) in [6.07, 6.45) is -0.507. The Morgan fingerprint density at radius 1 is 1.15 bits per heavy atom. The highest BCUT2D eigenvalue weighted by molar-refractivity contribution is 5.80. The Kier molecular flexibility index (Phi) is 4.11. The molecule has 3 heterocycles. The van der Waals surface area contributed by atoms with Crippen molar-refractivity contribution in [3.8, 4) is 0 Å². The molecular weight excluding hydrogens is 345 g/mol. The van der Waals surface area contributed by atoms with E-state index in [1.807, 2.05) is 17.9 Å². The Morgan fingerprint density at radius 3 is 2.58 bits per heavy atom. The quantitative estimate of drug-likeness (QED) is 0.805. The molecule has 26 heavy (non-hydrogen) atoms. The number of hydrogen-bond donors (Lipinski definition) is 0. The molecule has 1 amide bonds. The molecule has 142 valence electrons. The summed E-state index contributed by atoms with van der Waals surface area (Å²) in [5.41, 5.74) is -0.499. The first kappa shape index (κ1) is 17.5. The zero-order valence-corrected chi connectivity index (χ0v) is 14.8. The van der Waals surface area contributed by atoms with Crippen LogP contribution in [0.15, 0.2) is 12.1 Å². The first-order valence-electron chi connectivity index (χ1n) is 9.16. The van der Waals surface area contributed by atoms with E-state index in [0.29, 0.717) is 18.8 Å². The fourth-order valence-corrected chi connectivity index (χ4v) is 4.35. The molecule has 2 aliphatic heterocycles. The summed E-state index contributed by atoms with van der Waals surface area (Å²) in [6.45, 7) is 2.51. The Morgan fingerprint density at radius 2 is 1.92 bits per heavy atom. The maximum atomic E-state index is 14.9. The minimum Gasteiger partial charge on any atom is -0.354 e. The van der Waals surface area contributed by atoms with E-state index in [4.69, 9.17) is 0 Å². The molecule has 0 bridgehead atoms. The predicted octanol–water partition coefficient (Wildman–Crippen LogP) is 2.60. The van der Waals surface area contributed by atoms with Crippen molar-refractivity contribution in [2.45, 2.75) is 44.7 Å². The fraction of sp³-hybridized carbons (Fsp3) is 0.722. The van der Waals surface area contributed by atoms with Crippen molar-refractivity contribution in [1.29, 1.82) is 0 Å². The Balaban J connectivity index is 1.51. The lowest BCUT2D eigenvalue weighted by Crippen LogP contribution is -2.59. The summed E-state index contributed by atoms with van der Waals surface area (Å²) < 4.78 is 42.8. The summed E-state index contributed by atoms with van der Waals surface area (Å²) >= 11 is 0. The van der Waals surface area contributed by atoms with E-state index in [2.05, 4.69) is 10.2 Å². The minimum atomic E-state index is -2.83. The van der Waals surface area contributed by atoms with Gasteiger partial charge in [-0.15, -0.1) is 5.10 Å².